The van der Waals surface area contributed by atoms with Gasteiger partial charge in [0.15, 0.2) is 0 Å². The minimum Gasteiger partial charge on any atom is -0.494 e. The van der Waals surface area contributed by atoms with Gasteiger partial charge in [0, 0.05) is 5.02 Å². The van der Waals surface area contributed by atoms with E-state index in [0.717, 1.165) is 15.6 Å². The maximum atomic E-state index is 13.5. The van der Waals surface area contributed by atoms with E-state index in [9.17, 15) is 13.2 Å². The highest BCUT2D eigenvalue weighted by atomic mass is 35.5. The number of nitrogens with one attached hydrogen (secondary N) is 1. The maximum Gasteiger partial charge on any atom is 0.264 e. The van der Waals surface area contributed by atoms with Crippen LogP contribution in [-0.4, -0.2) is 39.8 Å². The van der Waals surface area contributed by atoms with E-state index in [1.807, 2.05) is 38.1 Å². The number of benzene rings is 3. The van der Waals surface area contributed by atoms with Crippen LogP contribution in [0.15, 0.2) is 82.8 Å². The molecule has 0 radical (unpaired) electrons. The molecule has 0 heterocycles. The number of hydrogen-bond donors (Lipinski definition) is 1. The quantitative estimate of drug-likeness (QED) is 0.282. The van der Waals surface area contributed by atoms with Crippen molar-refractivity contribution >= 4 is 38.9 Å². The number of hydrogen-bond acceptors (Lipinski definition) is 6. The highest BCUT2D eigenvalue weighted by molar-refractivity contribution is 7.92. The summed E-state index contributed by atoms with van der Waals surface area (Å²) in [7, 11) is -4.08. The molecule has 0 aliphatic heterocycles. The number of anilines is 1. The van der Waals surface area contributed by atoms with Gasteiger partial charge in [0.25, 0.3) is 15.9 Å². The molecule has 3 aromatic rings. The highest BCUT2D eigenvalue weighted by Crippen LogP contribution is 2.26. The Hall–Kier alpha value is -3.56. The zero-order chi connectivity index (χ0) is 26.1. The van der Waals surface area contributed by atoms with Crippen molar-refractivity contribution < 1.29 is 22.7 Å². The van der Waals surface area contributed by atoms with Crippen LogP contribution >= 0.6 is 11.6 Å². The van der Waals surface area contributed by atoms with Crippen molar-refractivity contribution in [1.29, 1.82) is 0 Å². The van der Waals surface area contributed by atoms with Crippen molar-refractivity contribution in [2.45, 2.75) is 25.7 Å². The second-order valence-electron chi connectivity index (χ2n) is 7.58. The SMILES string of the molecule is CCOc1ccc(/C(C)=N\NC(=O)CN(c2ccc(OCC)cc2)S(=O)(=O)c2ccc(Cl)cc2)cc1. The maximum absolute atomic E-state index is 13.5. The fourth-order valence-electron chi connectivity index (χ4n) is 3.26. The molecule has 0 fully saturated rings. The van der Waals surface area contributed by atoms with Crippen LogP contribution in [0, 0.1) is 0 Å². The molecule has 0 saturated carbocycles. The summed E-state index contributed by atoms with van der Waals surface area (Å²) in [6, 6.07) is 19.5. The average Bonchev–Trinajstić information content (AvgIpc) is 2.87. The Bertz CT molecular complexity index is 1290. The molecular formula is C26H28ClN3O5S. The molecule has 10 heteroatoms. The van der Waals surface area contributed by atoms with E-state index in [0.29, 0.717) is 35.4 Å². The van der Waals surface area contributed by atoms with Crippen molar-refractivity contribution in [2.75, 3.05) is 24.1 Å². The monoisotopic (exact) mass is 529 g/mol. The van der Waals surface area contributed by atoms with Crippen molar-refractivity contribution in [3.05, 3.63) is 83.4 Å². The second-order valence-corrected chi connectivity index (χ2v) is 9.88. The summed E-state index contributed by atoms with van der Waals surface area (Å²) in [5.41, 5.74) is 4.10. The highest BCUT2D eigenvalue weighted by Gasteiger charge is 2.27. The molecule has 0 bridgehead atoms. The largest absolute Gasteiger partial charge is 0.494 e. The summed E-state index contributed by atoms with van der Waals surface area (Å²) in [6.45, 7) is 6.04. The van der Waals surface area contributed by atoms with Crippen LogP contribution in [0.5, 0.6) is 11.5 Å². The van der Waals surface area contributed by atoms with Crippen LogP contribution in [0.25, 0.3) is 0 Å². The van der Waals surface area contributed by atoms with Gasteiger partial charge in [-0.2, -0.15) is 5.10 Å². The van der Waals surface area contributed by atoms with Crippen LogP contribution in [-0.2, 0) is 14.8 Å². The third kappa shape index (κ3) is 6.99. The predicted octanol–water partition coefficient (Wildman–Crippen LogP) is 4.87. The Morgan fingerprint density at radius 2 is 1.42 bits per heavy atom. The molecule has 3 aromatic carbocycles. The zero-order valence-corrected chi connectivity index (χ0v) is 21.8. The van der Waals surface area contributed by atoms with Gasteiger partial charge in [-0.3, -0.25) is 9.10 Å². The molecule has 0 spiro atoms. The number of amides is 1. The molecule has 0 unspecified atom stereocenters. The Morgan fingerprint density at radius 3 is 1.94 bits per heavy atom. The molecule has 3 rings (SSSR count). The summed E-state index contributed by atoms with van der Waals surface area (Å²) < 4.78 is 38.8. The number of carbonyl (C=O) groups is 1. The fourth-order valence-corrected chi connectivity index (χ4v) is 4.81. The number of ether oxygens (including phenoxy) is 2. The van der Waals surface area contributed by atoms with Gasteiger partial charge in [-0.25, -0.2) is 13.8 Å². The van der Waals surface area contributed by atoms with Crippen LogP contribution in [0.3, 0.4) is 0 Å². The van der Waals surface area contributed by atoms with Crippen LogP contribution in [0.4, 0.5) is 5.69 Å². The molecule has 0 atom stereocenters. The normalized spacial score (nSPS) is 11.6. The first kappa shape index (κ1) is 27.0. The van der Waals surface area contributed by atoms with Crippen molar-refractivity contribution in [2.24, 2.45) is 5.10 Å². The van der Waals surface area contributed by atoms with Crippen molar-refractivity contribution in [3.63, 3.8) is 0 Å². The lowest BCUT2D eigenvalue weighted by atomic mass is 10.1. The molecular weight excluding hydrogens is 502 g/mol. The molecule has 36 heavy (non-hydrogen) atoms. The molecule has 0 aromatic heterocycles. The van der Waals surface area contributed by atoms with Gasteiger partial charge in [0.05, 0.1) is 29.5 Å². The predicted molar refractivity (Wildman–Crippen MR) is 142 cm³/mol. The fraction of sp³-hybridized carbons (Fsp3) is 0.231. The lowest BCUT2D eigenvalue weighted by molar-refractivity contribution is -0.119. The van der Waals surface area contributed by atoms with E-state index < -0.39 is 22.5 Å². The topological polar surface area (TPSA) is 97.3 Å². The summed E-state index contributed by atoms with van der Waals surface area (Å²) in [5.74, 6) is 0.716. The number of sulfonamides is 1. The Labute approximate surface area is 216 Å². The van der Waals surface area contributed by atoms with Gasteiger partial charge in [-0.1, -0.05) is 11.6 Å². The number of nitrogens with zero attached hydrogens (tertiary/aromatic N) is 2. The Morgan fingerprint density at radius 1 is 0.889 bits per heavy atom. The molecule has 190 valence electrons. The Balaban J connectivity index is 1.83. The summed E-state index contributed by atoms with van der Waals surface area (Å²) in [4.78, 5) is 12.8. The minimum atomic E-state index is -4.08. The third-order valence-electron chi connectivity index (χ3n) is 5.06. The third-order valence-corrected chi connectivity index (χ3v) is 7.10. The lowest BCUT2D eigenvalue weighted by Crippen LogP contribution is -2.39. The van der Waals surface area contributed by atoms with Crippen LogP contribution < -0.4 is 19.2 Å². The van der Waals surface area contributed by atoms with E-state index in [1.54, 1.807) is 31.2 Å². The lowest BCUT2D eigenvalue weighted by Gasteiger charge is -2.24. The summed E-state index contributed by atoms with van der Waals surface area (Å²) in [5, 5.41) is 4.54. The second kappa shape index (κ2) is 12.4. The van der Waals surface area contributed by atoms with Gasteiger partial charge in [0.1, 0.15) is 18.0 Å². The standard InChI is InChI=1S/C26H28ClN3O5S/c1-4-34-23-12-6-20(7-13-23)19(3)28-29-26(31)18-30(22-10-14-24(15-11-22)35-5-2)36(32,33)25-16-8-21(27)9-17-25/h6-17H,4-5,18H2,1-3H3,(H,29,31)/b28-19-. The molecule has 0 aliphatic rings. The van der Waals surface area contributed by atoms with E-state index in [2.05, 4.69) is 10.5 Å². The number of halogens is 1. The van der Waals surface area contributed by atoms with Crippen molar-refractivity contribution in [1.82, 2.24) is 5.43 Å². The molecule has 0 saturated heterocycles. The zero-order valence-electron chi connectivity index (χ0n) is 20.3. The van der Waals surface area contributed by atoms with Gasteiger partial charge in [-0.15, -0.1) is 0 Å². The van der Waals surface area contributed by atoms with E-state index in [-0.39, 0.29) is 4.90 Å². The van der Waals surface area contributed by atoms with Gasteiger partial charge >= 0.3 is 0 Å². The first-order valence-electron chi connectivity index (χ1n) is 11.3. The smallest absolute Gasteiger partial charge is 0.264 e. The number of rotatable bonds is 11. The van der Waals surface area contributed by atoms with Crippen molar-refractivity contribution in [3.8, 4) is 11.5 Å². The van der Waals surface area contributed by atoms with Crippen LogP contribution in [0.2, 0.25) is 5.02 Å². The average molecular weight is 530 g/mol. The van der Waals surface area contributed by atoms with Gasteiger partial charge < -0.3 is 9.47 Å². The number of carbonyl (C=O) groups excluding carboxylic acids is 1. The first-order valence-corrected chi connectivity index (χ1v) is 13.1. The van der Waals surface area contributed by atoms with Gasteiger partial charge in [0.2, 0.25) is 0 Å². The van der Waals surface area contributed by atoms with Gasteiger partial charge in [-0.05, 0) is 99.1 Å². The molecule has 1 amide bonds. The molecule has 1 N–H and O–H groups in total. The minimum absolute atomic E-state index is 0.00246. The van der Waals surface area contributed by atoms with E-state index >= 15 is 0 Å². The first-order chi connectivity index (χ1) is 17.2. The van der Waals surface area contributed by atoms with Crippen LogP contribution in [0.1, 0.15) is 26.3 Å². The summed E-state index contributed by atoms with van der Waals surface area (Å²) >= 11 is 5.93. The summed E-state index contributed by atoms with van der Waals surface area (Å²) in [6.07, 6.45) is 0. The van der Waals surface area contributed by atoms with E-state index in [1.165, 1.54) is 24.3 Å². The molecule has 8 nitrogen and oxygen atoms in total. The van der Waals surface area contributed by atoms with E-state index in [4.69, 9.17) is 21.1 Å². The number of hydrazone groups is 1. The molecule has 0 aliphatic carbocycles. The Kier molecular flexibility index (Phi) is 9.32.